The molecule has 0 aliphatic carbocycles. The first kappa shape index (κ1) is 22.6. The number of nitrogens with zero attached hydrogens (tertiary/aromatic N) is 1. The van der Waals surface area contributed by atoms with Crippen LogP contribution in [0.15, 0.2) is 12.7 Å². The van der Waals surface area contributed by atoms with Crippen LogP contribution in [0.5, 0.6) is 0 Å². The molecule has 24 heavy (non-hydrogen) atoms. The van der Waals surface area contributed by atoms with Gasteiger partial charge >= 0.3 is 145 Å². The van der Waals surface area contributed by atoms with Crippen molar-refractivity contribution in [3.05, 3.63) is 12.7 Å². The number of esters is 1. The van der Waals surface area contributed by atoms with Crippen LogP contribution in [0.25, 0.3) is 0 Å². The molecule has 0 heterocycles. The van der Waals surface area contributed by atoms with Gasteiger partial charge in [0.1, 0.15) is 0 Å². The molecule has 0 aliphatic heterocycles. The van der Waals surface area contributed by atoms with Crippen LogP contribution >= 0.6 is 0 Å². The van der Waals surface area contributed by atoms with Crippen molar-refractivity contribution in [2.24, 2.45) is 5.92 Å². The number of rotatable bonds is 12. The first-order valence-corrected chi connectivity index (χ1v) is 10.2. The van der Waals surface area contributed by atoms with Gasteiger partial charge in [-0.3, -0.25) is 0 Å². The van der Waals surface area contributed by atoms with Crippen LogP contribution in [0.1, 0.15) is 13.8 Å². The summed E-state index contributed by atoms with van der Waals surface area (Å²) in [6, 6.07) is 0.430. The molecule has 0 radical (unpaired) electrons. The Labute approximate surface area is 145 Å². The van der Waals surface area contributed by atoms with Crippen molar-refractivity contribution in [1.29, 1.82) is 0 Å². The van der Waals surface area contributed by atoms with Crippen molar-refractivity contribution in [2.75, 3.05) is 47.6 Å². The van der Waals surface area contributed by atoms with E-state index in [1.807, 2.05) is 13.8 Å². The third-order valence-corrected chi connectivity index (χ3v) is 7.30. The molecular weight excluding hydrogens is 332 g/mol. The molecule has 0 aromatic heterocycles. The average Bonchev–Trinajstić information content (AvgIpc) is 2.60. The van der Waals surface area contributed by atoms with E-state index in [0.717, 1.165) is 6.08 Å². The second-order valence-electron chi connectivity index (χ2n) is 5.48. The van der Waals surface area contributed by atoms with Gasteiger partial charge in [0.15, 0.2) is 0 Å². The van der Waals surface area contributed by atoms with Gasteiger partial charge in [0.05, 0.1) is 0 Å². The van der Waals surface area contributed by atoms with Gasteiger partial charge in [-0.05, 0) is 0 Å². The molecule has 1 atom stereocenters. The molecule has 1 unspecified atom stereocenters. The van der Waals surface area contributed by atoms with Gasteiger partial charge < -0.3 is 0 Å². The molecular formula is C15H31N2O6Si-. The first-order chi connectivity index (χ1) is 11.4. The normalized spacial score (nSPS) is 13.0. The van der Waals surface area contributed by atoms with Gasteiger partial charge in [-0.25, -0.2) is 0 Å². The number of hydrogen-bond donors (Lipinski definition) is 1. The van der Waals surface area contributed by atoms with E-state index in [9.17, 15) is 9.59 Å². The standard InChI is InChI=1S/C15H31N2O6Si/c1-7-14(18)23-10-9-16-15(19)17(8-2)11-13(3)12-24(20-4,21-5)22-6/h7,13,24H,1,8-12H2,2-6H3,(H,16,19)/q-1. The van der Waals surface area contributed by atoms with Gasteiger partial charge in [0.2, 0.25) is 0 Å². The van der Waals surface area contributed by atoms with Crippen LogP contribution in [0, 0.1) is 5.92 Å². The summed E-state index contributed by atoms with van der Waals surface area (Å²) in [7, 11) is 1.77. The predicted octanol–water partition coefficient (Wildman–Crippen LogP) is 0.994. The third kappa shape index (κ3) is 7.91. The monoisotopic (exact) mass is 363 g/mol. The Morgan fingerprint density at radius 1 is 1.25 bits per heavy atom. The summed E-state index contributed by atoms with van der Waals surface area (Å²) in [4.78, 5) is 24.8. The van der Waals surface area contributed by atoms with E-state index in [0.29, 0.717) is 19.1 Å². The fourth-order valence-electron chi connectivity index (χ4n) is 2.36. The number of carbonyl (C=O) groups is 2. The summed E-state index contributed by atoms with van der Waals surface area (Å²) in [5.41, 5.74) is 0. The minimum atomic E-state index is -2.98. The number of nitrogens with one attached hydrogen (secondary N) is 1. The number of amides is 2. The van der Waals surface area contributed by atoms with Crippen LogP contribution < -0.4 is 5.32 Å². The Balaban J connectivity index is 4.39. The van der Waals surface area contributed by atoms with E-state index in [-0.39, 0.29) is 25.1 Å². The zero-order valence-corrected chi connectivity index (χ0v) is 16.5. The quantitative estimate of drug-likeness (QED) is 0.241. The summed E-state index contributed by atoms with van der Waals surface area (Å²) in [6.07, 6.45) is 1.08. The maximum absolute atomic E-state index is 12.2. The van der Waals surface area contributed by atoms with E-state index in [1.54, 1.807) is 26.2 Å². The third-order valence-electron chi connectivity index (χ3n) is 3.76. The fraction of sp³-hybridized carbons (Fsp3) is 0.733. The second-order valence-corrected chi connectivity index (χ2v) is 8.94. The van der Waals surface area contributed by atoms with E-state index < -0.39 is 14.8 Å². The molecule has 0 aromatic rings. The van der Waals surface area contributed by atoms with Crippen molar-refractivity contribution >= 4 is 20.8 Å². The number of hydrogen-bond acceptors (Lipinski definition) is 6. The molecule has 0 aromatic carbocycles. The van der Waals surface area contributed by atoms with Gasteiger partial charge in [-0.2, -0.15) is 0 Å². The summed E-state index contributed by atoms with van der Waals surface area (Å²) in [5, 5.41) is 2.72. The van der Waals surface area contributed by atoms with Crippen LogP contribution in [0.4, 0.5) is 4.79 Å². The van der Waals surface area contributed by atoms with E-state index in [1.165, 1.54) is 0 Å². The van der Waals surface area contributed by atoms with Crippen molar-refractivity contribution in [2.45, 2.75) is 19.9 Å². The predicted molar refractivity (Wildman–Crippen MR) is 93.9 cm³/mol. The fourth-order valence-corrected chi connectivity index (χ4v) is 4.65. The number of carbonyl (C=O) groups excluding carboxylic acids is 2. The molecule has 0 bridgehead atoms. The molecule has 0 spiro atoms. The van der Waals surface area contributed by atoms with E-state index in [2.05, 4.69) is 11.9 Å². The van der Waals surface area contributed by atoms with Crippen molar-refractivity contribution in [3.8, 4) is 0 Å². The number of ether oxygens (including phenoxy) is 1. The molecule has 1 N–H and O–H groups in total. The first-order valence-electron chi connectivity index (χ1n) is 8.00. The zero-order chi connectivity index (χ0) is 18.6. The summed E-state index contributed by atoms with van der Waals surface area (Å²) >= 11 is 0. The molecule has 0 rings (SSSR count). The average molecular weight is 364 g/mol. The second kappa shape index (κ2) is 12.0. The van der Waals surface area contributed by atoms with E-state index in [4.69, 9.17) is 18.0 Å². The Kier molecular flexibility index (Phi) is 11.3. The molecule has 0 saturated heterocycles. The zero-order valence-electron chi connectivity index (χ0n) is 15.4. The van der Waals surface area contributed by atoms with E-state index >= 15 is 0 Å². The molecule has 0 aliphatic rings. The SMILES string of the molecule is C=CC(=O)OCCNC(=O)N(CC)CC(C)C[SiH-](OC)(OC)OC. The summed E-state index contributed by atoms with van der Waals surface area (Å²) in [6.45, 7) is 8.69. The maximum atomic E-state index is 12.2. The topological polar surface area (TPSA) is 86.3 Å². The Hall–Kier alpha value is -1.42. The van der Waals surface area contributed by atoms with Crippen LogP contribution in [-0.4, -0.2) is 73.3 Å². The van der Waals surface area contributed by atoms with Crippen molar-refractivity contribution in [1.82, 2.24) is 10.2 Å². The van der Waals surface area contributed by atoms with Gasteiger partial charge in [-0.15, -0.1) is 0 Å². The molecule has 8 nitrogen and oxygen atoms in total. The van der Waals surface area contributed by atoms with Gasteiger partial charge in [0, 0.05) is 0 Å². The van der Waals surface area contributed by atoms with Crippen LogP contribution in [-0.2, 0) is 22.8 Å². The van der Waals surface area contributed by atoms with Crippen molar-refractivity contribution in [3.63, 3.8) is 0 Å². The summed E-state index contributed by atoms with van der Waals surface area (Å²) in [5.74, 6) is -0.356. The molecule has 0 saturated carbocycles. The van der Waals surface area contributed by atoms with Gasteiger partial charge in [0.25, 0.3) is 0 Å². The minimum absolute atomic E-state index is 0.109. The Morgan fingerprint density at radius 3 is 2.29 bits per heavy atom. The Bertz CT molecular complexity index is 395. The Morgan fingerprint density at radius 2 is 1.83 bits per heavy atom. The number of urea groups is 1. The van der Waals surface area contributed by atoms with Crippen LogP contribution in [0.2, 0.25) is 6.04 Å². The van der Waals surface area contributed by atoms with Crippen LogP contribution in [0.3, 0.4) is 0 Å². The summed E-state index contributed by atoms with van der Waals surface area (Å²) < 4.78 is 21.1. The van der Waals surface area contributed by atoms with Gasteiger partial charge in [-0.1, -0.05) is 0 Å². The molecule has 142 valence electrons. The molecule has 0 fully saturated rings. The molecule has 9 heteroatoms. The van der Waals surface area contributed by atoms with Crippen molar-refractivity contribution < 1.29 is 27.6 Å². The molecule has 2 amide bonds.